The molecule has 0 bridgehead atoms. The maximum absolute atomic E-state index is 12.9. The number of rotatable bonds is 5. The van der Waals surface area contributed by atoms with Crippen LogP contribution in [0.2, 0.25) is 5.02 Å². The van der Waals surface area contributed by atoms with Crippen molar-refractivity contribution in [2.24, 2.45) is 0 Å². The minimum Gasteiger partial charge on any atom is -0.227 e. The van der Waals surface area contributed by atoms with Gasteiger partial charge in [0.05, 0.1) is 12.1 Å². The van der Waals surface area contributed by atoms with E-state index < -0.39 is 11.7 Å². The lowest BCUT2D eigenvalue weighted by Gasteiger charge is -2.08. The molecule has 0 saturated heterocycles. The second-order valence-corrected chi connectivity index (χ2v) is 7.61. The van der Waals surface area contributed by atoms with Gasteiger partial charge in [0, 0.05) is 10.8 Å². The lowest BCUT2D eigenvalue weighted by Crippen LogP contribution is -2.05. The van der Waals surface area contributed by atoms with Crippen LogP contribution in [0.5, 0.6) is 0 Å². The quantitative estimate of drug-likeness (QED) is 0.317. The van der Waals surface area contributed by atoms with Gasteiger partial charge in [0.25, 0.3) is 0 Å². The van der Waals surface area contributed by atoms with Crippen molar-refractivity contribution >= 4 is 34.5 Å². The smallest absolute Gasteiger partial charge is 0.227 e. The van der Waals surface area contributed by atoms with Crippen molar-refractivity contribution in [1.29, 1.82) is 0 Å². The standard InChI is InChI=1S/C19H13ClF3N5S/c20-15-6-4-12(5-7-15)9-28-17-16(26-27-28)18(25-11-24-17)29-10-13-2-1-3-14(8-13)19(21,22)23/h1-8,11H,9-10H2. The van der Waals surface area contributed by atoms with Crippen molar-refractivity contribution in [1.82, 2.24) is 25.0 Å². The molecule has 4 rings (SSSR count). The number of thioether (sulfide) groups is 1. The minimum absolute atomic E-state index is 0.320. The van der Waals surface area contributed by atoms with Crippen LogP contribution in [0.3, 0.4) is 0 Å². The van der Waals surface area contributed by atoms with Gasteiger partial charge in [-0.15, -0.1) is 5.10 Å². The zero-order valence-corrected chi connectivity index (χ0v) is 16.3. The summed E-state index contributed by atoms with van der Waals surface area (Å²) in [5.41, 5.74) is 1.93. The molecule has 0 atom stereocenters. The molecule has 0 saturated carbocycles. The normalized spacial score (nSPS) is 11.9. The number of hydrogen-bond donors (Lipinski definition) is 0. The second-order valence-electron chi connectivity index (χ2n) is 6.21. The van der Waals surface area contributed by atoms with Gasteiger partial charge in [-0.1, -0.05) is 58.9 Å². The molecule has 4 aromatic rings. The molecule has 0 spiro atoms. The van der Waals surface area contributed by atoms with Gasteiger partial charge in [0.15, 0.2) is 11.2 Å². The predicted molar refractivity (Wildman–Crippen MR) is 105 cm³/mol. The van der Waals surface area contributed by atoms with Crippen LogP contribution in [-0.2, 0) is 18.5 Å². The van der Waals surface area contributed by atoms with E-state index >= 15 is 0 Å². The first-order chi connectivity index (χ1) is 13.9. The van der Waals surface area contributed by atoms with Crippen LogP contribution < -0.4 is 0 Å². The zero-order chi connectivity index (χ0) is 20.4. The Morgan fingerprint density at radius 3 is 2.55 bits per heavy atom. The third-order valence-corrected chi connectivity index (χ3v) is 5.44. The monoisotopic (exact) mass is 435 g/mol. The van der Waals surface area contributed by atoms with Gasteiger partial charge in [-0.05, 0) is 29.3 Å². The summed E-state index contributed by atoms with van der Waals surface area (Å²) in [6.45, 7) is 0.461. The van der Waals surface area contributed by atoms with Crippen molar-refractivity contribution in [3.05, 3.63) is 76.6 Å². The van der Waals surface area contributed by atoms with Gasteiger partial charge in [-0.2, -0.15) is 13.2 Å². The third kappa shape index (κ3) is 4.51. The molecule has 2 heterocycles. The Kier molecular flexibility index (Phi) is 5.42. The molecule has 2 aromatic carbocycles. The number of aromatic nitrogens is 5. The number of halogens is 4. The van der Waals surface area contributed by atoms with Gasteiger partial charge in [0.1, 0.15) is 11.4 Å². The summed E-state index contributed by atoms with van der Waals surface area (Å²) < 4.78 is 40.3. The SMILES string of the molecule is FC(F)(F)c1cccc(CSc2ncnc3c2nnn3Cc2ccc(Cl)cc2)c1. The summed E-state index contributed by atoms with van der Waals surface area (Å²) in [5.74, 6) is 0.320. The molecule has 0 amide bonds. The Labute approximate surface area is 172 Å². The summed E-state index contributed by atoms with van der Waals surface area (Å²) in [6, 6.07) is 12.6. The highest BCUT2D eigenvalue weighted by atomic mass is 35.5. The molecule has 0 N–H and O–H groups in total. The van der Waals surface area contributed by atoms with E-state index in [2.05, 4.69) is 20.3 Å². The number of alkyl halides is 3. The van der Waals surface area contributed by atoms with Gasteiger partial charge in [0.2, 0.25) is 0 Å². The first kappa shape index (κ1) is 19.7. The van der Waals surface area contributed by atoms with Crippen molar-refractivity contribution < 1.29 is 13.2 Å². The lowest BCUT2D eigenvalue weighted by molar-refractivity contribution is -0.137. The van der Waals surface area contributed by atoms with Crippen molar-refractivity contribution in [2.75, 3.05) is 0 Å². The third-order valence-electron chi connectivity index (χ3n) is 4.14. The van der Waals surface area contributed by atoms with E-state index in [1.54, 1.807) is 22.9 Å². The summed E-state index contributed by atoms with van der Waals surface area (Å²) in [6.07, 6.45) is -2.97. The maximum Gasteiger partial charge on any atom is 0.416 e. The summed E-state index contributed by atoms with van der Waals surface area (Å²) >= 11 is 7.20. The molecule has 2 aromatic heterocycles. The lowest BCUT2D eigenvalue weighted by atomic mass is 10.1. The van der Waals surface area contributed by atoms with Crippen LogP contribution in [0.15, 0.2) is 59.9 Å². The van der Waals surface area contributed by atoms with Crippen molar-refractivity contribution in [3.8, 4) is 0 Å². The van der Waals surface area contributed by atoms with E-state index in [9.17, 15) is 13.2 Å². The maximum atomic E-state index is 12.9. The van der Waals surface area contributed by atoms with Gasteiger partial charge >= 0.3 is 6.18 Å². The fraction of sp³-hybridized carbons (Fsp3) is 0.158. The van der Waals surface area contributed by atoms with E-state index in [1.807, 2.05) is 12.1 Å². The topological polar surface area (TPSA) is 56.5 Å². The Morgan fingerprint density at radius 1 is 1.00 bits per heavy atom. The van der Waals surface area contributed by atoms with Gasteiger partial charge in [-0.25, -0.2) is 14.6 Å². The summed E-state index contributed by atoms with van der Waals surface area (Å²) in [5, 5.41) is 9.52. The molecule has 0 aliphatic rings. The van der Waals surface area contributed by atoms with Crippen molar-refractivity contribution in [2.45, 2.75) is 23.5 Å². The van der Waals surface area contributed by atoms with Crippen molar-refractivity contribution in [3.63, 3.8) is 0 Å². The predicted octanol–water partition coefficient (Wildman–Crippen LogP) is 5.23. The van der Waals surface area contributed by atoms with E-state index in [0.717, 1.165) is 17.7 Å². The average molecular weight is 436 g/mol. The highest BCUT2D eigenvalue weighted by molar-refractivity contribution is 7.98. The molecule has 0 radical (unpaired) electrons. The zero-order valence-electron chi connectivity index (χ0n) is 14.8. The first-order valence-corrected chi connectivity index (χ1v) is 9.84. The summed E-state index contributed by atoms with van der Waals surface area (Å²) in [4.78, 5) is 8.48. The minimum atomic E-state index is -4.37. The highest BCUT2D eigenvalue weighted by Crippen LogP contribution is 2.31. The number of fused-ring (bicyclic) bond motifs is 1. The Hall–Kier alpha value is -2.65. The van der Waals surface area contributed by atoms with Crippen LogP contribution in [0.1, 0.15) is 16.7 Å². The number of nitrogens with zero attached hydrogens (tertiary/aromatic N) is 5. The molecule has 0 aliphatic heterocycles. The Bertz CT molecular complexity index is 1140. The van der Waals surface area contributed by atoms with E-state index in [4.69, 9.17) is 11.6 Å². The fourth-order valence-electron chi connectivity index (χ4n) is 2.74. The van der Waals surface area contributed by atoms with Crippen LogP contribution >= 0.6 is 23.4 Å². The van der Waals surface area contributed by atoms with Crippen LogP contribution in [0.25, 0.3) is 11.2 Å². The second kappa shape index (κ2) is 8.00. The molecule has 148 valence electrons. The summed E-state index contributed by atoms with van der Waals surface area (Å²) in [7, 11) is 0. The van der Waals surface area contributed by atoms with E-state index in [1.165, 1.54) is 24.2 Å². The van der Waals surface area contributed by atoms with E-state index in [-0.39, 0.29) is 0 Å². The highest BCUT2D eigenvalue weighted by Gasteiger charge is 2.30. The molecular weight excluding hydrogens is 423 g/mol. The Morgan fingerprint density at radius 2 is 1.79 bits per heavy atom. The van der Waals surface area contributed by atoms with Gasteiger partial charge in [-0.3, -0.25) is 0 Å². The molecule has 0 fully saturated rings. The fourth-order valence-corrected chi connectivity index (χ4v) is 3.73. The van der Waals surface area contributed by atoms with Crippen LogP contribution in [0.4, 0.5) is 13.2 Å². The number of hydrogen-bond acceptors (Lipinski definition) is 5. The molecule has 0 aliphatic carbocycles. The largest absolute Gasteiger partial charge is 0.416 e. The van der Waals surface area contributed by atoms with E-state index in [0.29, 0.717) is 39.1 Å². The average Bonchev–Trinajstić information content (AvgIpc) is 3.11. The molecular formula is C19H13ClF3N5S. The molecule has 0 unspecified atom stereocenters. The first-order valence-electron chi connectivity index (χ1n) is 8.48. The van der Waals surface area contributed by atoms with Gasteiger partial charge < -0.3 is 0 Å². The number of benzene rings is 2. The molecule has 29 heavy (non-hydrogen) atoms. The molecule has 5 nitrogen and oxygen atoms in total. The van der Waals surface area contributed by atoms with Crippen LogP contribution in [-0.4, -0.2) is 25.0 Å². The Balaban J connectivity index is 1.55. The van der Waals surface area contributed by atoms with Crippen LogP contribution in [0, 0.1) is 0 Å². The molecule has 10 heteroatoms.